The van der Waals surface area contributed by atoms with Crippen molar-refractivity contribution in [3.05, 3.63) is 53.2 Å². The summed E-state index contributed by atoms with van der Waals surface area (Å²) in [4.78, 5) is 15.4. The van der Waals surface area contributed by atoms with Crippen molar-refractivity contribution in [3.63, 3.8) is 0 Å². The standard InChI is InChI=1S/C13H9ClN4/c14-10-4-1-9(2-5-10)3-6-11-12-13(17-7-15-11)18-8-16-12/h1-8H,(H,15,16,17,18)/b6-3+. The van der Waals surface area contributed by atoms with E-state index in [1.54, 1.807) is 6.33 Å². The molecular formula is C13H9ClN4. The van der Waals surface area contributed by atoms with E-state index < -0.39 is 0 Å². The average molecular weight is 257 g/mol. The molecule has 18 heavy (non-hydrogen) atoms. The summed E-state index contributed by atoms with van der Waals surface area (Å²) in [7, 11) is 0. The fourth-order valence-corrected chi connectivity index (χ4v) is 1.79. The lowest BCUT2D eigenvalue weighted by Crippen LogP contribution is -1.86. The summed E-state index contributed by atoms with van der Waals surface area (Å²) in [6.45, 7) is 0. The van der Waals surface area contributed by atoms with Gasteiger partial charge < -0.3 is 4.98 Å². The zero-order valence-electron chi connectivity index (χ0n) is 9.34. The van der Waals surface area contributed by atoms with Crippen LogP contribution in [0.3, 0.4) is 0 Å². The molecule has 0 aliphatic carbocycles. The summed E-state index contributed by atoms with van der Waals surface area (Å²) in [5.41, 5.74) is 3.38. The molecular weight excluding hydrogens is 248 g/mol. The number of hydrogen-bond donors (Lipinski definition) is 1. The largest absolute Gasteiger partial charge is 0.341 e. The quantitative estimate of drug-likeness (QED) is 0.766. The number of nitrogens with one attached hydrogen (secondary N) is 1. The Bertz CT molecular complexity index is 700. The van der Waals surface area contributed by atoms with E-state index >= 15 is 0 Å². The van der Waals surface area contributed by atoms with Crippen LogP contribution in [0.1, 0.15) is 11.3 Å². The van der Waals surface area contributed by atoms with E-state index in [9.17, 15) is 0 Å². The second-order valence-electron chi connectivity index (χ2n) is 3.74. The Labute approximate surface area is 108 Å². The third-order valence-electron chi connectivity index (χ3n) is 2.56. The molecule has 3 rings (SSSR count). The van der Waals surface area contributed by atoms with Gasteiger partial charge in [0.25, 0.3) is 0 Å². The molecule has 0 radical (unpaired) electrons. The van der Waals surface area contributed by atoms with E-state index in [-0.39, 0.29) is 0 Å². The lowest BCUT2D eigenvalue weighted by Gasteiger charge is -1.95. The number of imidazole rings is 1. The molecule has 0 fully saturated rings. The number of fused-ring (bicyclic) bond motifs is 1. The molecule has 0 amide bonds. The molecule has 3 aromatic rings. The molecule has 2 aromatic heterocycles. The highest BCUT2D eigenvalue weighted by molar-refractivity contribution is 6.30. The summed E-state index contributed by atoms with van der Waals surface area (Å²) >= 11 is 5.83. The Balaban J connectivity index is 1.96. The highest BCUT2D eigenvalue weighted by Crippen LogP contribution is 2.14. The molecule has 4 nitrogen and oxygen atoms in total. The number of hydrogen-bond acceptors (Lipinski definition) is 3. The maximum atomic E-state index is 5.83. The number of rotatable bonds is 2. The van der Waals surface area contributed by atoms with Crippen LogP contribution in [-0.2, 0) is 0 Å². The van der Waals surface area contributed by atoms with Gasteiger partial charge in [-0.05, 0) is 23.8 Å². The van der Waals surface area contributed by atoms with Gasteiger partial charge in [-0.2, -0.15) is 0 Å². The van der Waals surface area contributed by atoms with E-state index in [1.807, 2.05) is 36.4 Å². The fraction of sp³-hybridized carbons (Fsp3) is 0. The highest BCUT2D eigenvalue weighted by Gasteiger charge is 2.01. The first-order chi connectivity index (χ1) is 8.83. The van der Waals surface area contributed by atoms with Gasteiger partial charge >= 0.3 is 0 Å². The van der Waals surface area contributed by atoms with Crippen molar-refractivity contribution in [2.45, 2.75) is 0 Å². The monoisotopic (exact) mass is 256 g/mol. The van der Waals surface area contributed by atoms with Gasteiger partial charge in [0.2, 0.25) is 0 Å². The molecule has 88 valence electrons. The molecule has 1 N–H and O–H groups in total. The van der Waals surface area contributed by atoms with Gasteiger partial charge in [0, 0.05) is 5.02 Å². The topological polar surface area (TPSA) is 54.5 Å². The van der Waals surface area contributed by atoms with E-state index in [2.05, 4.69) is 19.9 Å². The lowest BCUT2D eigenvalue weighted by atomic mass is 10.2. The highest BCUT2D eigenvalue weighted by atomic mass is 35.5. The smallest absolute Gasteiger partial charge is 0.181 e. The maximum Gasteiger partial charge on any atom is 0.181 e. The first kappa shape index (κ1) is 10.9. The van der Waals surface area contributed by atoms with E-state index in [0.717, 1.165) is 21.8 Å². The Morgan fingerprint density at radius 1 is 1.00 bits per heavy atom. The normalized spacial score (nSPS) is 11.4. The molecule has 0 saturated heterocycles. The number of aromatic amines is 1. The minimum atomic E-state index is 0.667. The van der Waals surface area contributed by atoms with Crippen LogP contribution in [0.5, 0.6) is 0 Å². The summed E-state index contributed by atoms with van der Waals surface area (Å²) in [6, 6.07) is 7.61. The number of nitrogens with zero attached hydrogens (tertiary/aromatic N) is 3. The average Bonchev–Trinajstić information content (AvgIpc) is 2.87. The number of benzene rings is 1. The first-order valence-corrected chi connectivity index (χ1v) is 5.78. The first-order valence-electron chi connectivity index (χ1n) is 5.41. The molecule has 0 bridgehead atoms. The predicted molar refractivity (Wildman–Crippen MR) is 72.1 cm³/mol. The minimum absolute atomic E-state index is 0.667. The van der Waals surface area contributed by atoms with Gasteiger partial charge in [0.05, 0.1) is 12.0 Å². The zero-order valence-corrected chi connectivity index (χ0v) is 10.1. The van der Waals surface area contributed by atoms with E-state index in [1.165, 1.54) is 6.33 Å². The molecule has 2 heterocycles. The third kappa shape index (κ3) is 2.10. The molecule has 1 aromatic carbocycles. The van der Waals surface area contributed by atoms with Gasteiger partial charge in [-0.3, -0.25) is 0 Å². The molecule has 0 aliphatic heterocycles. The predicted octanol–water partition coefficient (Wildman–Crippen LogP) is 3.18. The van der Waals surface area contributed by atoms with E-state index in [0.29, 0.717) is 5.65 Å². The minimum Gasteiger partial charge on any atom is -0.341 e. The summed E-state index contributed by atoms with van der Waals surface area (Å²) in [5, 5.41) is 0.727. The molecule has 0 saturated carbocycles. The van der Waals surface area contributed by atoms with Crippen molar-refractivity contribution in [2.24, 2.45) is 0 Å². The van der Waals surface area contributed by atoms with Crippen LogP contribution in [0, 0.1) is 0 Å². The summed E-state index contributed by atoms with van der Waals surface area (Å²) < 4.78 is 0. The maximum absolute atomic E-state index is 5.83. The SMILES string of the molecule is Clc1ccc(/C=C/c2ncnc3nc[nH]c23)cc1. The van der Waals surface area contributed by atoms with Gasteiger partial charge in [0.15, 0.2) is 5.65 Å². The Morgan fingerprint density at radius 3 is 2.67 bits per heavy atom. The van der Waals surface area contributed by atoms with Gasteiger partial charge in [-0.15, -0.1) is 0 Å². The molecule has 0 unspecified atom stereocenters. The van der Waals surface area contributed by atoms with Crippen LogP contribution in [-0.4, -0.2) is 19.9 Å². The van der Waals surface area contributed by atoms with Crippen molar-refractivity contribution < 1.29 is 0 Å². The molecule has 5 heteroatoms. The van der Waals surface area contributed by atoms with Gasteiger partial charge in [0.1, 0.15) is 11.8 Å². The number of aromatic nitrogens is 4. The third-order valence-corrected chi connectivity index (χ3v) is 2.81. The Morgan fingerprint density at radius 2 is 1.83 bits per heavy atom. The van der Waals surface area contributed by atoms with Crippen LogP contribution in [0.25, 0.3) is 23.3 Å². The van der Waals surface area contributed by atoms with E-state index in [4.69, 9.17) is 11.6 Å². The zero-order chi connectivity index (χ0) is 12.4. The Kier molecular flexibility index (Phi) is 2.78. The van der Waals surface area contributed by atoms with Crippen molar-refractivity contribution in [1.29, 1.82) is 0 Å². The van der Waals surface area contributed by atoms with Crippen LogP contribution in [0.15, 0.2) is 36.9 Å². The number of H-pyrrole nitrogens is 1. The molecule has 0 atom stereocenters. The van der Waals surface area contributed by atoms with Gasteiger partial charge in [-0.1, -0.05) is 29.8 Å². The summed E-state index contributed by atoms with van der Waals surface area (Å²) in [5.74, 6) is 0. The van der Waals surface area contributed by atoms with Crippen molar-refractivity contribution in [2.75, 3.05) is 0 Å². The fourth-order valence-electron chi connectivity index (χ4n) is 1.66. The molecule has 0 aliphatic rings. The number of halogens is 1. The summed E-state index contributed by atoms with van der Waals surface area (Å²) in [6.07, 6.45) is 7.01. The van der Waals surface area contributed by atoms with Crippen LogP contribution >= 0.6 is 11.6 Å². The van der Waals surface area contributed by atoms with Crippen LogP contribution in [0.4, 0.5) is 0 Å². The van der Waals surface area contributed by atoms with Crippen molar-refractivity contribution in [1.82, 2.24) is 19.9 Å². The van der Waals surface area contributed by atoms with Crippen LogP contribution < -0.4 is 0 Å². The van der Waals surface area contributed by atoms with Gasteiger partial charge in [-0.25, -0.2) is 15.0 Å². The lowest BCUT2D eigenvalue weighted by molar-refractivity contribution is 1.19. The second kappa shape index (κ2) is 4.58. The van der Waals surface area contributed by atoms with Crippen LogP contribution in [0.2, 0.25) is 5.02 Å². The second-order valence-corrected chi connectivity index (χ2v) is 4.18. The Hall–Kier alpha value is -2.20. The van der Waals surface area contributed by atoms with Crippen molar-refractivity contribution >= 4 is 34.9 Å². The molecule has 0 spiro atoms. The van der Waals surface area contributed by atoms with Crippen molar-refractivity contribution in [3.8, 4) is 0 Å².